The molecule has 0 amide bonds. The van der Waals surface area contributed by atoms with Crippen LogP contribution in [0, 0.1) is 5.92 Å². The summed E-state index contributed by atoms with van der Waals surface area (Å²) in [4.78, 5) is 0. The van der Waals surface area contributed by atoms with Gasteiger partial charge in [0.1, 0.15) is 0 Å². The van der Waals surface area contributed by atoms with Crippen LogP contribution in [0.4, 0.5) is 0 Å². The van der Waals surface area contributed by atoms with Crippen LogP contribution in [0.25, 0.3) is 0 Å². The number of nitrogens with one attached hydrogen (secondary N) is 1. The Bertz CT molecular complexity index is 167. The highest BCUT2D eigenvalue weighted by Crippen LogP contribution is 2.11. The Kier molecular flexibility index (Phi) is 14.3. The number of hydrogen-bond donors (Lipinski definition) is 1. The zero-order chi connectivity index (χ0) is 14.3. The van der Waals surface area contributed by atoms with E-state index < -0.39 is 0 Å². The Labute approximate surface area is 122 Å². The van der Waals surface area contributed by atoms with Crippen LogP contribution in [-0.4, -0.2) is 12.6 Å². The Morgan fingerprint density at radius 3 is 1.63 bits per heavy atom. The molecule has 1 nitrogen and oxygen atoms in total. The third-order valence-corrected chi connectivity index (χ3v) is 4.49. The van der Waals surface area contributed by atoms with E-state index in [1.807, 2.05) is 0 Å². The second-order valence-electron chi connectivity index (χ2n) is 6.31. The molecule has 0 aromatic rings. The van der Waals surface area contributed by atoms with E-state index in [1.165, 1.54) is 77.2 Å². The van der Waals surface area contributed by atoms with E-state index in [2.05, 4.69) is 33.0 Å². The molecule has 0 saturated heterocycles. The van der Waals surface area contributed by atoms with Gasteiger partial charge in [0.05, 0.1) is 0 Å². The molecular weight excluding hydrogens is 230 g/mol. The first kappa shape index (κ1) is 19.0. The number of rotatable bonds is 14. The van der Waals surface area contributed by atoms with Gasteiger partial charge in [0.25, 0.3) is 0 Å². The molecule has 0 fully saturated rings. The Hall–Kier alpha value is -0.0400. The maximum atomic E-state index is 3.66. The minimum absolute atomic E-state index is 0.684. The van der Waals surface area contributed by atoms with Crippen molar-refractivity contribution < 1.29 is 0 Å². The molecule has 0 heterocycles. The predicted octanol–water partition coefficient (Wildman–Crippen LogP) is 5.93. The van der Waals surface area contributed by atoms with E-state index in [1.54, 1.807) is 0 Å². The monoisotopic (exact) mass is 269 g/mol. The summed E-state index contributed by atoms with van der Waals surface area (Å²) in [6, 6.07) is 0.684. The third-order valence-electron chi connectivity index (χ3n) is 4.49. The van der Waals surface area contributed by atoms with Gasteiger partial charge in [0.15, 0.2) is 0 Å². The largest absolute Gasteiger partial charge is 0.314 e. The van der Waals surface area contributed by atoms with Crippen LogP contribution in [0.1, 0.15) is 98.3 Å². The lowest BCUT2D eigenvalue weighted by Gasteiger charge is -2.19. The first-order chi connectivity index (χ1) is 9.22. The zero-order valence-electron chi connectivity index (χ0n) is 14.1. The molecule has 0 aromatic carbocycles. The smallest absolute Gasteiger partial charge is 0.00642 e. The highest BCUT2D eigenvalue weighted by atomic mass is 14.9. The van der Waals surface area contributed by atoms with Crippen LogP contribution in [0.3, 0.4) is 0 Å². The summed E-state index contributed by atoms with van der Waals surface area (Å²) < 4.78 is 0. The van der Waals surface area contributed by atoms with Crippen molar-refractivity contribution in [3.63, 3.8) is 0 Å². The zero-order valence-corrected chi connectivity index (χ0v) is 14.1. The summed E-state index contributed by atoms with van der Waals surface area (Å²) >= 11 is 0. The lowest BCUT2D eigenvalue weighted by Crippen LogP contribution is -2.32. The summed E-state index contributed by atoms with van der Waals surface area (Å²) in [5, 5.41) is 3.66. The van der Waals surface area contributed by atoms with E-state index in [0.29, 0.717) is 6.04 Å². The van der Waals surface area contributed by atoms with Gasteiger partial charge in [-0.2, -0.15) is 0 Å². The van der Waals surface area contributed by atoms with Crippen molar-refractivity contribution in [3.8, 4) is 0 Å². The second kappa shape index (κ2) is 14.4. The average molecular weight is 270 g/mol. The molecule has 0 radical (unpaired) electrons. The van der Waals surface area contributed by atoms with E-state index in [-0.39, 0.29) is 0 Å². The Balaban J connectivity index is 3.10. The SMILES string of the molecule is CCCCCCCCCCCCNC(C)C(C)CC. The van der Waals surface area contributed by atoms with Gasteiger partial charge in [-0.15, -0.1) is 0 Å². The standard InChI is InChI=1S/C18H39N/c1-5-7-8-9-10-11-12-13-14-15-16-19-18(4)17(3)6-2/h17-19H,5-16H2,1-4H3. The predicted molar refractivity (Wildman–Crippen MR) is 88.8 cm³/mol. The van der Waals surface area contributed by atoms with Gasteiger partial charge in [-0.25, -0.2) is 0 Å². The molecule has 19 heavy (non-hydrogen) atoms. The van der Waals surface area contributed by atoms with Crippen LogP contribution in [0.5, 0.6) is 0 Å². The van der Waals surface area contributed by atoms with Crippen molar-refractivity contribution in [1.29, 1.82) is 0 Å². The first-order valence-corrected chi connectivity index (χ1v) is 8.95. The van der Waals surface area contributed by atoms with E-state index in [9.17, 15) is 0 Å². The summed E-state index contributed by atoms with van der Waals surface area (Å²) in [6.45, 7) is 10.4. The Morgan fingerprint density at radius 2 is 1.16 bits per heavy atom. The van der Waals surface area contributed by atoms with Gasteiger partial charge >= 0.3 is 0 Å². The molecular formula is C18H39N. The Morgan fingerprint density at radius 1 is 0.684 bits per heavy atom. The molecule has 2 atom stereocenters. The summed E-state index contributed by atoms with van der Waals surface area (Å²) in [5.41, 5.74) is 0. The molecule has 0 aliphatic heterocycles. The second-order valence-corrected chi connectivity index (χ2v) is 6.31. The molecule has 0 aliphatic carbocycles. The quantitative estimate of drug-likeness (QED) is 0.385. The topological polar surface area (TPSA) is 12.0 Å². The van der Waals surface area contributed by atoms with Crippen molar-refractivity contribution in [2.24, 2.45) is 5.92 Å². The van der Waals surface area contributed by atoms with Crippen molar-refractivity contribution in [2.45, 2.75) is 104 Å². The van der Waals surface area contributed by atoms with Crippen molar-refractivity contribution >= 4 is 0 Å². The molecule has 1 heteroatoms. The van der Waals surface area contributed by atoms with Crippen LogP contribution < -0.4 is 5.32 Å². The van der Waals surface area contributed by atoms with Gasteiger partial charge in [0, 0.05) is 6.04 Å². The van der Waals surface area contributed by atoms with Gasteiger partial charge in [0.2, 0.25) is 0 Å². The van der Waals surface area contributed by atoms with Crippen LogP contribution in [0.15, 0.2) is 0 Å². The van der Waals surface area contributed by atoms with E-state index >= 15 is 0 Å². The van der Waals surface area contributed by atoms with Crippen molar-refractivity contribution in [3.05, 3.63) is 0 Å². The maximum Gasteiger partial charge on any atom is 0.00642 e. The molecule has 0 bridgehead atoms. The van der Waals surface area contributed by atoms with Crippen LogP contribution in [-0.2, 0) is 0 Å². The van der Waals surface area contributed by atoms with Gasteiger partial charge in [-0.3, -0.25) is 0 Å². The highest BCUT2D eigenvalue weighted by molar-refractivity contribution is 4.66. The molecule has 2 unspecified atom stereocenters. The van der Waals surface area contributed by atoms with Gasteiger partial charge in [-0.05, 0) is 25.8 Å². The molecule has 0 aliphatic rings. The summed E-state index contributed by atoms with van der Waals surface area (Å²) in [5.74, 6) is 0.808. The molecule has 116 valence electrons. The molecule has 0 rings (SSSR count). The minimum atomic E-state index is 0.684. The van der Waals surface area contributed by atoms with Crippen LogP contribution >= 0.6 is 0 Å². The fraction of sp³-hybridized carbons (Fsp3) is 1.00. The first-order valence-electron chi connectivity index (χ1n) is 8.95. The average Bonchev–Trinajstić information content (AvgIpc) is 2.43. The van der Waals surface area contributed by atoms with E-state index in [0.717, 1.165) is 5.92 Å². The maximum absolute atomic E-state index is 3.66. The fourth-order valence-corrected chi connectivity index (χ4v) is 2.50. The van der Waals surface area contributed by atoms with Gasteiger partial charge < -0.3 is 5.32 Å². The molecule has 1 N–H and O–H groups in total. The minimum Gasteiger partial charge on any atom is -0.314 e. The molecule has 0 aromatic heterocycles. The van der Waals surface area contributed by atoms with Crippen molar-refractivity contribution in [1.82, 2.24) is 5.32 Å². The third kappa shape index (κ3) is 12.7. The normalized spacial score (nSPS) is 14.5. The lowest BCUT2D eigenvalue weighted by atomic mass is 10.0. The summed E-state index contributed by atoms with van der Waals surface area (Å²) in [6.07, 6.45) is 15.6. The van der Waals surface area contributed by atoms with E-state index in [4.69, 9.17) is 0 Å². The fourth-order valence-electron chi connectivity index (χ4n) is 2.50. The van der Waals surface area contributed by atoms with Crippen molar-refractivity contribution in [2.75, 3.05) is 6.54 Å². The summed E-state index contributed by atoms with van der Waals surface area (Å²) in [7, 11) is 0. The number of hydrogen-bond acceptors (Lipinski definition) is 1. The number of unbranched alkanes of at least 4 members (excludes halogenated alkanes) is 9. The lowest BCUT2D eigenvalue weighted by molar-refractivity contribution is 0.385. The molecule has 0 spiro atoms. The van der Waals surface area contributed by atoms with Gasteiger partial charge in [-0.1, -0.05) is 85.0 Å². The molecule has 0 saturated carbocycles. The highest BCUT2D eigenvalue weighted by Gasteiger charge is 2.07. The van der Waals surface area contributed by atoms with Crippen LogP contribution in [0.2, 0.25) is 0 Å².